The molecule has 0 fully saturated rings. The minimum atomic E-state index is -0.886. The highest BCUT2D eigenvalue weighted by molar-refractivity contribution is 9.11. The van der Waals surface area contributed by atoms with Crippen molar-refractivity contribution in [2.24, 2.45) is 5.84 Å². The van der Waals surface area contributed by atoms with E-state index in [-0.39, 0.29) is 47.8 Å². The highest BCUT2D eigenvalue weighted by Gasteiger charge is 2.18. The van der Waals surface area contributed by atoms with E-state index < -0.39 is 28.1 Å². The Bertz CT molecular complexity index is 1370. The highest BCUT2D eigenvalue weighted by atomic mass is 79.9. The Morgan fingerprint density at radius 1 is 0.721 bits per heavy atom. The maximum absolute atomic E-state index is 13.1. The number of hydrogen-bond donors (Lipinski definition) is 3. The van der Waals surface area contributed by atoms with Gasteiger partial charge in [0.05, 0.1) is 54.1 Å². The molecule has 0 aromatic heterocycles. The van der Waals surface area contributed by atoms with Crippen LogP contribution >= 0.6 is 60.2 Å². The number of hydrogen-bond acceptors (Lipinski definition) is 8. The molecule has 240 valence electrons. The van der Waals surface area contributed by atoms with Crippen molar-refractivity contribution in [1.29, 1.82) is 0 Å². The SMILES string of the molecule is CC(C)Oc1cc(N)c(F)cc1Br.CC(C)Oc1cc(NN)c(F)cc1Br.CC(C)Oc1cc([N+](=O)[O-])c(F)cc1Br.Cl. The predicted octanol–water partition coefficient (Wildman–Crippen LogP) is 9.32. The van der Waals surface area contributed by atoms with E-state index in [9.17, 15) is 23.3 Å². The van der Waals surface area contributed by atoms with Crippen LogP contribution in [-0.2, 0) is 0 Å². The van der Waals surface area contributed by atoms with E-state index >= 15 is 0 Å². The van der Waals surface area contributed by atoms with Crippen LogP contribution in [-0.4, -0.2) is 23.2 Å². The normalized spacial score (nSPS) is 10.2. The van der Waals surface area contributed by atoms with E-state index in [0.717, 1.165) is 12.1 Å². The number of nitrogen functional groups attached to an aromatic ring is 2. The van der Waals surface area contributed by atoms with E-state index in [1.165, 1.54) is 24.3 Å². The van der Waals surface area contributed by atoms with Crippen LogP contribution in [0.1, 0.15) is 41.5 Å². The second-order valence-corrected chi connectivity index (χ2v) is 11.8. The molecule has 43 heavy (non-hydrogen) atoms. The summed E-state index contributed by atoms with van der Waals surface area (Å²) in [6, 6.07) is 7.69. The molecule has 0 heterocycles. The Kier molecular flexibility index (Phi) is 17.9. The second kappa shape index (κ2) is 19.0. The minimum Gasteiger partial charge on any atom is -0.490 e. The van der Waals surface area contributed by atoms with E-state index in [2.05, 4.69) is 53.2 Å². The molecule has 0 spiro atoms. The number of anilines is 2. The van der Waals surface area contributed by atoms with Crippen LogP contribution in [0.25, 0.3) is 0 Å². The van der Waals surface area contributed by atoms with Gasteiger partial charge in [-0.3, -0.25) is 16.0 Å². The first kappa shape index (κ1) is 40.5. The Morgan fingerprint density at radius 2 is 1.09 bits per heavy atom. The smallest absolute Gasteiger partial charge is 0.308 e. The summed E-state index contributed by atoms with van der Waals surface area (Å²) in [5.74, 6) is 4.78. The number of rotatable bonds is 8. The molecule has 0 unspecified atom stereocenters. The van der Waals surface area contributed by atoms with Gasteiger partial charge in [-0.25, -0.2) is 8.78 Å². The van der Waals surface area contributed by atoms with Crippen molar-refractivity contribution in [3.8, 4) is 17.2 Å². The van der Waals surface area contributed by atoms with Crippen molar-refractivity contribution in [2.45, 2.75) is 59.9 Å². The molecule has 3 rings (SSSR count). The molecule has 0 atom stereocenters. The molecule has 9 nitrogen and oxygen atoms in total. The molecule has 0 aliphatic heterocycles. The number of nitro groups is 1. The number of halogens is 7. The van der Waals surface area contributed by atoms with E-state index in [0.29, 0.717) is 24.9 Å². The van der Waals surface area contributed by atoms with Crippen molar-refractivity contribution in [3.05, 3.63) is 77.4 Å². The summed E-state index contributed by atoms with van der Waals surface area (Å²) >= 11 is 9.47. The van der Waals surface area contributed by atoms with Crippen LogP contribution in [0.4, 0.5) is 30.2 Å². The Balaban J connectivity index is 0.000000610. The minimum absolute atomic E-state index is 0. The van der Waals surface area contributed by atoms with Crippen LogP contribution in [0.5, 0.6) is 17.2 Å². The quantitative estimate of drug-likeness (QED) is 0.0886. The van der Waals surface area contributed by atoms with Gasteiger partial charge in [-0.2, -0.15) is 4.39 Å². The lowest BCUT2D eigenvalue weighted by Crippen LogP contribution is -2.10. The van der Waals surface area contributed by atoms with Gasteiger partial charge in [0, 0.05) is 12.1 Å². The fraction of sp³-hybridized carbons (Fsp3) is 0.333. The summed E-state index contributed by atoms with van der Waals surface area (Å²) in [5, 5.41) is 10.5. The maximum Gasteiger partial charge on any atom is 0.308 e. The first-order valence-electron chi connectivity index (χ1n) is 12.3. The zero-order valence-electron chi connectivity index (χ0n) is 24.0. The summed E-state index contributed by atoms with van der Waals surface area (Å²) in [4.78, 5) is 9.68. The average Bonchev–Trinajstić information content (AvgIpc) is 2.85. The van der Waals surface area contributed by atoms with E-state index in [4.69, 9.17) is 25.8 Å². The molecular weight excluding hydrogens is 792 g/mol. The molecular formula is C27H33Br3ClF3N4O5. The summed E-state index contributed by atoms with van der Waals surface area (Å²) < 4.78 is 56.7. The molecule has 0 saturated carbocycles. The van der Waals surface area contributed by atoms with Crippen molar-refractivity contribution < 1.29 is 32.3 Å². The van der Waals surface area contributed by atoms with E-state index in [1.54, 1.807) is 13.8 Å². The molecule has 0 radical (unpaired) electrons. The van der Waals surface area contributed by atoms with Gasteiger partial charge in [0.15, 0.2) is 0 Å². The highest BCUT2D eigenvalue weighted by Crippen LogP contribution is 2.33. The van der Waals surface area contributed by atoms with Gasteiger partial charge in [-0.05, 0) is 108 Å². The Hall–Kier alpha value is -2.46. The lowest BCUT2D eigenvalue weighted by molar-refractivity contribution is -0.387. The average molecular weight is 826 g/mol. The van der Waals surface area contributed by atoms with Crippen molar-refractivity contribution in [2.75, 3.05) is 11.2 Å². The number of nitrogens with zero attached hydrogens (tertiary/aromatic N) is 1. The third-order valence-corrected chi connectivity index (χ3v) is 6.37. The molecule has 0 amide bonds. The third kappa shape index (κ3) is 13.8. The Morgan fingerprint density at radius 3 is 1.49 bits per heavy atom. The number of nitro benzene ring substituents is 1. The predicted molar refractivity (Wildman–Crippen MR) is 176 cm³/mol. The number of ether oxygens (including phenoxy) is 3. The van der Waals surface area contributed by atoms with Gasteiger partial charge in [0.25, 0.3) is 0 Å². The monoisotopic (exact) mass is 822 g/mol. The van der Waals surface area contributed by atoms with Crippen LogP contribution in [0.15, 0.2) is 49.8 Å². The largest absolute Gasteiger partial charge is 0.490 e. The second-order valence-electron chi connectivity index (χ2n) is 9.20. The third-order valence-electron chi connectivity index (χ3n) is 4.51. The number of nitrogens with two attached hydrogens (primary N) is 2. The molecule has 5 N–H and O–H groups in total. The maximum atomic E-state index is 13.1. The summed E-state index contributed by atoms with van der Waals surface area (Å²) in [5.41, 5.74) is 7.37. The molecule has 0 aliphatic rings. The summed E-state index contributed by atoms with van der Waals surface area (Å²) in [7, 11) is 0. The lowest BCUT2D eigenvalue weighted by atomic mass is 10.3. The molecule has 16 heteroatoms. The number of benzene rings is 3. The number of hydrazine groups is 1. The fourth-order valence-corrected chi connectivity index (χ4v) is 4.10. The van der Waals surface area contributed by atoms with Crippen LogP contribution in [0, 0.1) is 27.6 Å². The topological polar surface area (TPSA) is 135 Å². The fourth-order valence-electron chi connectivity index (χ4n) is 2.88. The van der Waals surface area contributed by atoms with Crippen LogP contribution < -0.4 is 31.2 Å². The zero-order valence-corrected chi connectivity index (χ0v) is 29.6. The standard InChI is InChI=1S/C9H12BrFN2O.C9H9BrFNO3.C9H11BrFNO.ClH/c1-5(2)14-9-4-8(13-12)7(11)3-6(9)10;1-5(2)15-9-4-8(12(13)14)7(11)3-6(9)10;1-5(2)13-9-4-8(12)7(11)3-6(9)10;/h3-5,13H,12H2,1-2H3;3-5H,1-2H3;3-5H,12H2,1-2H3;1H. The first-order chi connectivity index (χ1) is 19.5. The molecule has 0 aliphatic carbocycles. The molecule has 0 saturated heterocycles. The lowest BCUT2D eigenvalue weighted by Gasteiger charge is -2.13. The number of nitrogens with one attached hydrogen (secondary N) is 1. The molecule has 3 aromatic rings. The van der Waals surface area contributed by atoms with Gasteiger partial charge < -0.3 is 25.4 Å². The Labute approximate surface area is 279 Å². The molecule has 3 aromatic carbocycles. The van der Waals surface area contributed by atoms with Gasteiger partial charge in [0.2, 0.25) is 5.82 Å². The van der Waals surface area contributed by atoms with Crippen molar-refractivity contribution >= 4 is 77.3 Å². The van der Waals surface area contributed by atoms with Gasteiger partial charge in [-0.1, -0.05) is 0 Å². The summed E-state index contributed by atoms with van der Waals surface area (Å²) in [6.45, 7) is 11.1. The van der Waals surface area contributed by atoms with Gasteiger partial charge in [-0.15, -0.1) is 12.4 Å². The van der Waals surface area contributed by atoms with E-state index in [1.807, 2.05) is 27.7 Å². The van der Waals surface area contributed by atoms with Crippen LogP contribution in [0.3, 0.4) is 0 Å². The molecule has 0 bridgehead atoms. The van der Waals surface area contributed by atoms with Crippen molar-refractivity contribution in [1.82, 2.24) is 0 Å². The van der Waals surface area contributed by atoms with Gasteiger partial charge in [0.1, 0.15) is 28.9 Å². The summed E-state index contributed by atoms with van der Waals surface area (Å²) in [6.07, 6.45) is -0.0603. The zero-order chi connectivity index (χ0) is 32.3. The van der Waals surface area contributed by atoms with Crippen LogP contribution in [0.2, 0.25) is 0 Å². The van der Waals surface area contributed by atoms with Crippen molar-refractivity contribution in [3.63, 3.8) is 0 Å². The first-order valence-corrected chi connectivity index (χ1v) is 14.7. The van der Waals surface area contributed by atoms with Gasteiger partial charge >= 0.3 is 5.69 Å².